The van der Waals surface area contributed by atoms with E-state index in [0.717, 1.165) is 30.8 Å². The zero-order valence-corrected chi connectivity index (χ0v) is 16.4. The molecule has 0 unspecified atom stereocenters. The smallest absolute Gasteiger partial charge is 0.234 e. The van der Waals surface area contributed by atoms with Gasteiger partial charge in [-0.2, -0.15) is 0 Å². The summed E-state index contributed by atoms with van der Waals surface area (Å²) in [6.07, 6.45) is 5.56. The summed E-state index contributed by atoms with van der Waals surface area (Å²) in [6.45, 7) is 1.40. The maximum Gasteiger partial charge on any atom is 0.234 e. The van der Waals surface area contributed by atoms with E-state index in [4.69, 9.17) is 4.74 Å². The van der Waals surface area contributed by atoms with Gasteiger partial charge < -0.3 is 10.1 Å². The Hall–Kier alpha value is -2.78. The van der Waals surface area contributed by atoms with Gasteiger partial charge in [0.05, 0.1) is 18.4 Å². The first-order chi connectivity index (χ1) is 14.2. The van der Waals surface area contributed by atoms with Crippen LogP contribution in [0.1, 0.15) is 12.8 Å². The molecule has 1 saturated heterocycles. The van der Waals surface area contributed by atoms with Crippen molar-refractivity contribution in [3.8, 4) is 11.4 Å². The molecule has 7 nitrogen and oxygen atoms in total. The van der Waals surface area contributed by atoms with Crippen molar-refractivity contribution < 1.29 is 13.9 Å². The molecule has 1 aromatic carbocycles. The van der Waals surface area contributed by atoms with Crippen LogP contribution < -0.4 is 5.32 Å². The number of benzene rings is 1. The van der Waals surface area contributed by atoms with Crippen molar-refractivity contribution in [2.24, 2.45) is 0 Å². The number of thioether (sulfide) groups is 1. The van der Waals surface area contributed by atoms with Crippen LogP contribution in [0, 0.1) is 5.82 Å². The van der Waals surface area contributed by atoms with Crippen LogP contribution in [0.25, 0.3) is 11.4 Å². The van der Waals surface area contributed by atoms with Crippen LogP contribution in [0.15, 0.2) is 53.9 Å². The van der Waals surface area contributed by atoms with Crippen molar-refractivity contribution in [3.05, 3.63) is 54.6 Å². The third kappa shape index (κ3) is 4.99. The van der Waals surface area contributed by atoms with E-state index in [2.05, 4.69) is 20.5 Å². The summed E-state index contributed by atoms with van der Waals surface area (Å²) >= 11 is 1.31. The van der Waals surface area contributed by atoms with Gasteiger partial charge in [0.25, 0.3) is 0 Å². The Bertz CT molecular complexity index is 959. The second-order valence-corrected chi connectivity index (χ2v) is 7.57. The predicted octanol–water partition coefficient (Wildman–Crippen LogP) is 3.39. The first kappa shape index (κ1) is 19.5. The molecule has 1 atom stereocenters. The Morgan fingerprint density at radius 3 is 2.72 bits per heavy atom. The number of carbonyl (C=O) groups is 1. The molecule has 9 heteroatoms. The minimum absolute atomic E-state index is 0.110. The van der Waals surface area contributed by atoms with Crippen molar-refractivity contribution >= 4 is 23.4 Å². The summed E-state index contributed by atoms with van der Waals surface area (Å²) in [6, 6.07) is 9.43. The Morgan fingerprint density at radius 2 is 2.00 bits per heavy atom. The number of nitrogens with zero attached hydrogens (tertiary/aromatic N) is 4. The molecule has 1 fully saturated rings. The summed E-state index contributed by atoms with van der Waals surface area (Å²) in [5.74, 6) is 0.350. The average Bonchev–Trinajstić information content (AvgIpc) is 3.39. The summed E-state index contributed by atoms with van der Waals surface area (Å²) in [5.41, 5.74) is 1.46. The SMILES string of the molecule is O=C(CSc1nnc(-c2ccncc2)n1C[C@H]1CCCO1)Nc1ccc(F)cc1. The highest BCUT2D eigenvalue weighted by molar-refractivity contribution is 7.99. The molecule has 4 rings (SSSR count). The van der Waals surface area contributed by atoms with Gasteiger partial charge in [0.15, 0.2) is 11.0 Å². The van der Waals surface area contributed by atoms with Crippen LogP contribution in [0.5, 0.6) is 0 Å². The van der Waals surface area contributed by atoms with Gasteiger partial charge in [-0.1, -0.05) is 11.8 Å². The van der Waals surface area contributed by atoms with Gasteiger partial charge in [0.2, 0.25) is 5.91 Å². The van der Waals surface area contributed by atoms with Crippen LogP contribution in [-0.2, 0) is 16.1 Å². The third-order valence-electron chi connectivity index (χ3n) is 4.53. The van der Waals surface area contributed by atoms with Crippen molar-refractivity contribution in [2.75, 3.05) is 17.7 Å². The molecule has 0 bridgehead atoms. The zero-order chi connectivity index (χ0) is 20.1. The highest BCUT2D eigenvalue weighted by atomic mass is 32.2. The Kier molecular flexibility index (Phi) is 6.16. The molecule has 1 aliphatic rings. The second kappa shape index (κ2) is 9.15. The molecule has 1 N–H and O–H groups in total. The molecular weight excluding hydrogens is 393 g/mol. The maximum absolute atomic E-state index is 13.0. The zero-order valence-electron chi connectivity index (χ0n) is 15.6. The van der Waals surface area contributed by atoms with E-state index in [1.54, 1.807) is 12.4 Å². The van der Waals surface area contributed by atoms with Gasteiger partial charge in [-0.05, 0) is 49.2 Å². The molecule has 150 valence electrons. The lowest BCUT2D eigenvalue weighted by molar-refractivity contribution is -0.113. The minimum Gasteiger partial charge on any atom is -0.376 e. The number of ether oxygens (including phenoxy) is 1. The number of carbonyl (C=O) groups excluding carboxylic acids is 1. The lowest BCUT2D eigenvalue weighted by Gasteiger charge is -2.14. The van der Waals surface area contributed by atoms with Gasteiger partial charge >= 0.3 is 0 Å². The first-order valence-electron chi connectivity index (χ1n) is 9.32. The Morgan fingerprint density at radius 1 is 1.21 bits per heavy atom. The number of pyridine rings is 1. The molecule has 1 amide bonds. The topological polar surface area (TPSA) is 81.9 Å². The monoisotopic (exact) mass is 413 g/mol. The van der Waals surface area contributed by atoms with Crippen molar-refractivity contribution in [3.63, 3.8) is 0 Å². The van der Waals surface area contributed by atoms with Crippen molar-refractivity contribution in [1.82, 2.24) is 19.7 Å². The lowest BCUT2D eigenvalue weighted by Crippen LogP contribution is -2.18. The Labute approximate surface area is 171 Å². The number of rotatable bonds is 7. The van der Waals surface area contributed by atoms with Crippen molar-refractivity contribution in [1.29, 1.82) is 0 Å². The molecular formula is C20H20FN5O2S. The lowest BCUT2D eigenvalue weighted by atomic mass is 10.2. The van der Waals surface area contributed by atoms with E-state index in [-0.39, 0.29) is 23.6 Å². The standard InChI is InChI=1S/C20H20FN5O2S/c21-15-3-5-16(6-4-15)23-18(27)13-29-20-25-24-19(14-7-9-22-10-8-14)26(20)12-17-2-1-11-28-17/h3-10,17H,1-2,11-13H2,(H,23,27)/t17-/m1/s1. The number of aromatic nitrogens is 4. The molecule has 3 aromatic rings. The van der Waals surface area contributed by atoms with Crippen LogP contribution in [-0.4, -0.2) is 44.1 Å². The predicted molar refractivity (Wildman–Crippen MR) is 108 cm³/mol. The fourth-order valence-electron chi connectivity index (χ4n) is 3.13. The van der Waals surface area contributed by atoms with E-state index in [0.29, 0.717) is 17.4 Å². The fraction of sp³-hybridized carbons (Fsp3) is 0.300. The van der Waals surface area contributed by atoms with Gasteiger partial charge in [-0.3, -0.25) is 14.3 Å². The molecule has 0 spiro atoms. The minimum atomic E-state index is -0.344. The number of hydrogen-bond acceptors (Lipinski definition) is 6. The highest BCUT2D eigenvalue weighted by Gasteiger charge is 2.22. The summed E-state index contributed by atoms with van der Waals surface area (Å²) < 4.78 is 20.8. The molecule has 1 aliphatic heterocycles. The molecule has 0 saturated carbocycles. The van der Waals surface area contributed by atoms with Crippen molar-refractivity contribution in [2.45, 2.75) is 30.6 Å². The highest BCUT2D eigenvalue weighted by Crippen LogP contribution is 2.26. The van der Waals surface area contributed by atoms with Gasteiger partial charge in [-0.25, -0.2) is 4.39 Å². The summed E-state index contributed by atoms with van der Waals surface area (Å²) in [4.78, 5) is 16.3. The van der Waals surface area contributed by atoms with Crippen LogP contribution >= 0.6 is 11.8 Å². The summed E-state index contributed by atoms with van der Waals surface area (Å²) in [5, 5.41) is 12.0. The van der Waals surface area contributed by atoms with E-state index in [1.807, 2.05) is 16.7 Å². The van der Waals surface area contributed by atoms with Crippen LogP contribution in [0.2, 0.25) is 0 Å². The molecule has 0 aliphatic carbocycles. The fourth-order valence-corrected chi connectivity index (χ4v) is 3.87. The number of amides is 1. The molecule has 29 heavy (non-hydrogen) atoms. The van der Waals surface area contributed by atoms with E-state index in [1.165, 1.54) is 36.0 Å². The molecule has 3 heterocycles. The molecule has 2 aromatic heterocycles. The average molecular weight is 413 g/mol. The summed E-state index contributed by atoms with van der Waals surface area (Å²) in [7, 11) is 0. The largest absolute Gasteiger partial charge is 0.376 e. The number of hydrogen-bond donors (Lipinski definition) is 1. The maximum atomic E-state index is 13.0. The van der Waals surface area contributed by atoms with Crippen LogP contribution in [0.4, 0.5) is 10.1 Å². The van der Waals surface area contributed by atoms with Gasteiger partial charge in [-0.15, -0.1) is 10.2 Å². The van der Waals surface area contributed by atoms with E-state index in [9.17, 15) is 9.18 Å². The quantitative estimate of drug-likeness (QED) is 0.598. The number of anilines is 1. The normalized spacial score (nSPS) is 16.1. The van der Waals surface area contributed by atoms with Gasteiger partial charge in [0, 0.05) is 30.3 Å². The van der Waals surface area contributed by atoms with E-state index < -0.39 is 0 Å². The third-order valence-corrected chi connectivity index (χ3v) is 5.49. The van der Waals surface area contributed by atoms with E-state index >= 15 is 0 Å². The Balaban J connectivity index is 1.47. The van der Waals surface area contributed by atoms with Crippen LogP contribution in [0.3, 0.4) is 0 Å². The first-order valence-corrected chi connectivity index (χ1v) is 10.3. The number of nitrogens with one attached hydrogen (secondary N) is 1. The van der Waals surface area contributed by atoms with Gasteiger partial charge in [0.1, 0.15) is 5.82 Å². The number of halogens is 1. The second-order valence-electron chi connectivity index (χ2n) is 6.63. The molecule has 0 radical (unpaired) electrons.